The fourth-order valence-electron chi connectivity index (χ4n) is 7.50. The highest BCUT2D eigenvalue weighted by Crippen LogP contribution is 2.46. The van der Waals surface area contributed by atoms with Gasteiger partial charge in [-0.2, -0.15) is 0 Å². The Morgan fingerprint density at radius 2 is 1.02 bits per heavy atom. The number of benzene rings is 8. The van der Waals surface area contributed by atoms with E-state index in [0.717, 1.165) is 44.2 Å². The van der Waals surface area contributed by atoms with Gasteiger partial charge in [-0.05, 0) is 97.9 Å². The summed E-state index contributed by atoms with van der Waals surface area (Å²) in [6.07, 6.45) is 0. The second kappa shape index (κ2) is 10.9. The Kier molecular flexibility index (Phi) is 6.23. The number of hydrogen-bond donors (Lipinski definition) is 0. The van der Waals surface area contributed by atoms with Gasteiger partial charge in [-0.1, -0.05) is 121 Å². The number of fused-ring (bicyclic) bond motifs is 4. The zero-order valence-corrected chi connectivity index (χ0v) is 27.6. The van der Waals surface area contributed by atoms with Crippen molar-refractivity contribution in [2.75, 3.05) is 0 Å². The van der Waals surface area contributed by atoms with E-state index in [9.17, 15) is 8.42 Å². The molecule has 0 bridgehead atoms. The standard InChI is InChI=1S/C45H28N2O2S/c48-50(49)42-19-9-17-40-43(42)47(45(46-40)31-12-2-1-3-13-31)41-18-8-16-39(44(41)50)38-27-36(34-22-20-29-10-4-6-14-32(29)24-34)26-37(28-38)35-23-21-30-11-5-7-15-33(30)25-35/h1-28H. The highest BCUT2D eigenvalue weighted by atomic mass is 32.2. The van der Waals surface area contributed by atoms with Crippen LogP contribution < -0.4 is 0 Å². The molecule has 50 heavy (non-hydrogen) atoms. The third kappa shape index (κ3) is 4.37. The van der Waals surface area contributed by atoms with Gasteiger partial charge in [0.2, 0.25) is 9.84 Å². The summed E-state index contributed by atoms with van der Waals surface area (Å²) >= 11 is 0. The zero-order chi connectivity index (χ0) is 33.4. The van der Waals surface area contributed by atoms with Crippen molar-refractivity contribution in [1.82, 2.24) is 9.55 Å². The molecule has 4 nitrogen and oxygen atoms in total. The molecular weight excluding hydrogens is 633 g/mol. The quantitative estimate of drug-likeness (QED) is 0.189. The molecule has 0 fully saturated rings. The van der Waals surface area contributed by atoms with Crippen molar-refractivity contribution in [2.45, 2.75) is 9.79 Å². The first-order chi connectivity index (χ1) is 24.5. The summed E-state index contributed by atoms with van der Waals surface area (Å²) in [7, 11) is -3.93. The first kappa shape index (κ1) is 28.7. The second-order valence-corrected chi connectivity index (χ2v) is 14.7. The van der Waals surface area contributed by atoms with Gasteiger partial charge in [0.25, 0.3) is 0 Å². The van der Waals surface area contributed by atoms with Crippen molar-refractivity contribution >= 4 is 42.4 Å². The van der Waals surface area contributed by atoms with Gasteiger partial charge >= 0.3 is 0 Å². The summed E-state index contributed by atoms with van der Waals surface area (Å²) in [5.41, 5.74) is 8.42. The number of imidazole rings is 1. The van der Waals surface area contributed by atoms with Crippen LogP contribution in [-0.4, -0.2) is 18.0 Å². The lowest BCUT2D eigenvalue weighted by Crippen LogP contribution is -2.16. The SMILES string of the molecule is O=S1(=O)c2c(-c3cc(-c4ccc5ccccc5c4)cc(-c4ccc5ccccc5c4)c3)cccc2-n2c(-c3ccccc3)nc3cccc1c32. The summed E-state index contributed by atoms with van der Waals surface area (Å²) in [5.74, 6) is 0.711. The maximum atomic E-state index is 14.8. The van der Waals surface area contributed by atoms with Gasteiger partial charge in [-0.3, -0.25) is 4.57 Å². The Morgan fingerprint density at radius 1 is 0.440 bits per heavy atom. The maximum Gasteiger partial charge on any atom is 0.211 e. The minimum Gasteiger partial charge on any atom is -0.290 e. The van der Waals surface area contributed by atoms with Crippen molar-refractivity contribution in [1.29, 1.82) is 0 Å². The molecule has 0 N–H and O–H groups in total. The molecule has 0 atom stereocenters. The Hall–Kier alpha value is -6.30. The van der Waals surface area contributed by atoms with Crippen LogP contribution in [-0.2, 0) is 9.84 Å². The molecular formula is C45H28N2O2S. The summed E-state index contributed by atoms with van der Waals surface area (Å²) in [6.45, 7) is 0. The van der Waals surface area contributed by atoms with Crippen molar-refractivity contribution in [3.05, 3.63) is 170 Å². The topological polar surface area (TPSA) is 52.0 Å². The van der Waals surface area contributed by atoms with Gasteiger partial charge in [0.15, 0.2) is 0 Å². The van der Waals surface area contributed by atoms with E-state index in [1.54, 1.807) is 12.1 Å². The summed E-state index contributed by atoms with van der Waals surface area (Å²) < 4.78 is 31.6. The van der Waals surface area contributed by atoms with E-state index in [1.807, 2.05) is 59.2 Å². The second-order valence-electron chi connectivity index (χ2n) is 12.8. The smallest absolute Gasteiger partial charge is 0.211 e. The lowest BCUT2D eigenvalue weighted by Gasteiger charge is -2.24. The normalized spacial score (nSPS) is 13.1. The van der Waals surface area contributed by atoms with Crippen LogP contribution in [0.2, 0.25) is 0 Å². The van der Waals surface area contributed by atoms with Gasteiger partial charge in [0.1, 0.15) is 10.7 Å². The lowest BCUT2D eigenvalue weighted by molar-refractivity contribution is 0.595. The van der Waals surface area contributed by atoms with E-state index >= 15 is 0 Å². The zero-order valence-electron chi connectivity index (χ0n) is 26.8. The average molecular weight is 661 g/mol. The molecule has 0 unspecified atom stereocenters. The molecule has 1 aliphatic heterocycles. The first-order valence-corrected chi connectivity index (χ1v) is 18.1. The van der Waals surface area contributed by atoms with E-state index in [4.69, 9.17) is 4.98 Å². The molecule has 8 aromatic carbocycles. The van der Waals surface area contributed by atoms with Crippen molar-refractivity contribution < 1.29 is 8.42 Å². The molecule has 10 rings (SSSR count). The van der Waals surface area contributed by atoms with Crippen molar-refractivity contribution in [3.63, 3.8) is 0 Å². The predicted octanol–water partition coefficient (Wildman–Crippen LogP) is 11.1. The van der Waals surface area contributed by atoms with Crippen LogP contribution in [0.1, 0.15) is 0 Å². The van der Waals surface area contributed by atoms with Crippen molar-refractivity contribution in [3.8, 4) is 50.5 Å². The van der Waals surface area contributed by atoms with E-state index in [2.05, 4.69) is 103 Å². The fraction of sp³-hybridized carbons (Fsp3) is 0. The molecule has 0 amide bonds. The number of nitrogens with zero attached hydrogens (tertiary/aromatic N) is 2. The van der Waals surface area contributed by atoms with Gasteiger partial charge in [-0.15, -0.1) is 0 Å². The number of hydrogen-bond acceptors (Lipinski definition) is 3. The van der Waals surface area contributed by atoms with Crippen LogP contribution in [0, 0.1) is 0 Å². The molecule has 1 aromatic heterocycles. The summed E-state index contributed by atoms with van der Waals surface area (Å²) in [4.78, 5) is 5.53. The highest BCUT2D eigenvalue weighted by molar-refractivity contribution is 7.92. The van der Waals surface area contributed by atoms with Crippen LogP contribution >= 0.6 is 0 Å². The number of aromatic nitrogens is 2. The van der Waals surface area contributed by atoms with Gasteiger partial charge in [-0.25, -0.2) is 13.4 Å². The van der Waals surface area contributed by atoms with Crippen LogP contribution in [0.5, 0.6) is 0 Å². The minimum atomic E-state index is -3.93. The third-order valence-corrected chi connectivity index (χ3v) is 11.7. The Balaban J connectivity index is 1.26. The van der Waals surface area contributed by atoms with E-state index in [-0.39, 0.29) is 9.79 Å². The Labute approximate surface area is 289 Å². The van der Waals surface area contributed by atoms with E-state index < -0.39 is 9.84 Å². The van der Waals surface area contributed by atoms with Gasteiger partial charge in [0.05, 0.1) is 21.6 Å². The molecule has 0 aliphatic carbocycles. The summed E-state index contributed by atoms with van der Waals surface area (Å²) in [6, 6.07) is 57.3. The highest BCUT2D eigenvalue weighted by Gasteiger charge is 2.36. The Bertz CT molecular complexity index is 2850. The lowest BCUT2D eigenvalue weighted by atomic mass is 9.91. The molecule has 0 spiro atoms. The number of sulfone groups is 1. The maximum absolute atomic E-state index is 14.8. The molecule has 9 aromatic rings. The van der Waals surface area contributed by atoms with Gasteiger partial charge < -0.3 is 0 Å². The fourth-order valence-corrected chi connectivity index (χ4v) is 9.34. The van der Waals surface area contributed by atoms with Crippen molar-refractivity contribution in [2.24, 2.45) is 0 Å². The van der Waals surface area contributed by atoms with E-state index in [1.165, 1.54) is 10.8 Å². The molecule has 2 heterocycles. The Morgan fingerprint density at radius 3 is 1.68 bits per heavy atom. The van der Waals surface area contributed by atoms with E-state index in [0.29, 0.717) is 28.1 Å². The van der Waals surface area contributed by atoms with Crippen LogP contribution in [0.15, 0.2) is 180 Å². The average Bonchev–Trinajstić information content (AvgIpc) is 3.57. The number of rotatable bonds is 4. The molecule has 1 aliphatic rings. The molecule has 0 saturated carbocycles. The molecule has 236 valence electrons. The largest absolute Gasteiger partial charge is 0.290 e. The summed E-state index contributed by atoms with van der Waals surface area (Å²) in [5, 5.41) is 4.64. The molecule has 0 saturated heterocycles. The van der Waals surface area contributed by atoms with Crippen LogP contribution in [0.4, 0.5) is 0 Å². The predicted molar refractivity (Wildman–Crippen MR) is 203 cm³/mol. The number of para-hydroxylation sites is 1. The minimum absolute atomic E-state index is 0.269. The van der Waals surface area contributed by atoms with Gasteiger partial charge in [0, 0.05) is 11.1 Å². The van der Waals surface area contributed by atoms with Crippen LogP contribution in [0.25, 0.3) is 83.0 Å². The third-order valence-electron chi connectivity index (χ3n) is 9.87. The molecule has 5 heteroatoms. The van der Waals surface area contributed by atoms with Crippen LogP contribution in [0.3, 0.4) is 0 Å². The first-order valence-electron chi connectivity index (χ1n) is 16.6. The monoisotopic (exact) mass is 660 g/mol. The molecule has 0 radical (unpaired) electrons.